The molecule has 19 heavy (non-hydrogen) atoms. The average molecular weight is 254 g/mol. The maximum Gasteiger partial charge on any atom is 0.274 e. The summed E-state index contributed by atoms with van der Waals surface area (Å²) in [5, 5.41) is 0. The van der Waals surface area contributed by atoms with E-state index >= 15 is 0 Å². The van der Waals surface area contributed by atoms with Gasteiger partial charge in [-0.2, -0.15) is 4.99 Å². The van der Waals surface area contributed by atoms with Crippen LogP contribution in [0.2, 0.25) is 0 Å². The molecule has 0 saturated heterocycles. The Kier molecular flexibility index (Phi) is 2.03. The number of rotatable bonds is 0. The predicted molar refractivity (Wildman–Crippen MR) is 70.0 cm³/mol. The Morgan fingerprint density at radius 1 is 1.00 bits per heavy atom. The minimum Gasteiger partial charge on any atom is -0.276 e. The number of carbonyl (C=O) groups is 2. The van der Waals surface area contributed by atoms with Gasteiger partial charge in [0.05, 0.1) is 5.56 Å². The number of hydrogen-bond donors (Lipinski definition) is 0. The van der Waals surface area contributed by atoms with Gasteiger partial charge in [-0.05, 0) is 18.9 Å². The Bertz CT molecular complexity index is 627. The van der Waals surface area contributed by atoms with E-state index < -0.39 is 5.54 Å². The van der Waals surface area contributed by atoms with Crippen molar-refractivity contribution in [3.8, 4) is 0 Å². The summed E-state index contributed by atoms with van der Waals surface area (Å²) in [6.07, 6.45) is 4.62. The summed E-state index contributed by atoms with van der Waals surface area (Å²) in [4.78, 5) is 30.8. The molecule has 4 heteroatoms. The van der Waals surface area contributed by atoms with Gasteiger partial charge in [0.2, 0.25) is 0 Å². The number of carbonyl (C=O) groups excluding carboxylic acids is 2. The first kappa shape index (κ1) is 10.9. The van der Waals surface area contributed by atoms with Gasteiger partial charge >= 0.3 is 0 Å². The lowest BCUT2D eigenvalue weighted by molar-refractivity contribution is -0.126. The molecule has 2 amide bonds. The number of nitrogens with zero attached hydrogens (tertiary/aromatic N) is 2. The number of hydrogen-bond acceptors (Lipinski definition) is 2. The van der Waals surface area contributed by atoms with Crippen LogP contribution in [0.3, 0.4) is 0 Å². The third-order valence-corrected chi connectivity index (χ3v) is 4.53. The van der Waals surface area contributed by atoms with E-state index in [-0.39, 0.29) is 11.8 Å². The fourth-order valence-corrected chi connectivity index (χ4v) is 3.58. The van der Waals surface area contributed by atoms with Crippen LogP contribution in [-0.2, 0) is 4.79 Å². The van der Waals surface area contributed by atoms with Crippen molar-refractivity contribution in [3.63, 3.8) is 0 Å². The highest BCUT2D eigenvalue weighted by molar-refractivity contribution is 6.30. The largest absolute Gasteiger partial charge is 0.276 e. The van der Waals surface area contributed by atoms with Gasteiger partial charge in [-0.3, -0.25) is 14.5 Å². The predicted octanol–water partition coefficient (Wildman–Crippen LogP) is 2.13. The molecule has 2 heterocycles. The van der Waals surface area contributed by atoms with Crippen LogP contribution in [0.4, 0.5) is 0 Å². The second kappa shape index (κ2) is 3.53. The summed E-state index contributed by atoms with van der Waals surface area (Å²) in [6.45, 7) is 0. The van der Waals surface area contributed by atoms with E-state index in [4.69, 9.17) is 0 Å². The lowest BCUT2D eigenvalue weighted by atomic mass is 9.80. The molecule has 0 atom stereocenters. The summed E-state index contributed by atoms with van der Waals surface area (Å²) in [5.41, 5.74) is 0.811. The van der Waals surface area contributed by atoms with Crippen molar-refractivity contribution in [1.82, 2.24) is 4.90 Å². The molecule has 1 spiro atoms. The highest BCUT2D eigenvalue weighted by Crippen LogP contribution is 2.43. The maximum absolute atomic E-state index is 12.6. The molecule has 0 unspecified atom stereocenters. The third-order valence-electron chi connectivity index (χ3n) is 4.53. The van der Waals surface area contributed by atoms with Crippen molar-refractivity contribution < 1.29 is 9.59 Å². The molecular formula is C15H14N2O2. The minimum absolute atomic E-state index is 0.0536. The SMILES string of the molecule is O=C1c2ccccc2C2=NC(=O)C3(CCCCC3)N12. The van der Waals surface area contributed by atoms with Gasteiger partial charge in [0.25, 0.3) is 11.8 Å². The van der Waals surface area contributed by atoms with Gasteiger partial charge in [0.1, 0.15) is 11.4 Å². The molecule has 4 rings (SSSR count). The molecule has 1 aromatic carbocycles. The second-order valence-electron chi connectivity index (χ2n) is 5.52. The van der Waals surface area contributed by atoms with E-state index in [0.29, 0.717) is 11.4 Å². The molecule has 4 nitrogen and oxygen atoms in total. The number of fused-ring (bicyclic) bond motifs is 4. The zero-order valence-corrected chi connectivity index (χ0v) is 10.6. The van der Waals surface area contributed by atoms with Crippen LogP contribution in [0.25, 0.3) is 0 Å². The van der Waals surface area contributed by atoms with Crippen LogP contribution >= 0.6 is 0 Å². The number of amides is 2. The molecule has 1 fully saturated rings. The van der Waals surface area contributed by atoms with Gasteiger partial charge in [0, 0.05) is 5.56 Å². The lowest BCUT2D eigenvalue weighted by Gasteiger charge is -2.37. The molecule has 1 saturated carbocycles. The Morgan fingerprint density at radius 2 is 1.68 bits per heavy atom. The Hall–Kier alpha value is -1.97. The fraction of sp³-hybridized carbons (Fsp3) is 0.400. The van der Waals surface area contributed by atoms with Crippen molar-refractivity contribution in [2.24, 2.45) is 4.99 Å². The van der Waals surface area contributed by atoms with Crippen molar-refractivity contribution in [3.05, 3.63) is 35.4 Å². The lowest BCUT2D eigenvalue weighted by Crippen LogP contribution is -2.53. The van der Waals surface area contributed by atoms with Crippen LogP contribution in [0, 0.1) is 0 Å². The number of aliphatic imine (C=N–C) groups is 1. The number of amidine groups is 1. The summed E-state index contributed by atoms with van der Waals surface area (Å²) >= 11 is 0. The number of benzene rings is 1. The molecule has 1 aromatic rings. The first-order chi connectivity index (χ1) is 9.24. The zero-order valence-electron chi connectivity index (χ0n) is 10.6. The van der Waals surface area contributed by atoms with E-state index in [1.165, 1.54) is 0 Å². The summed E-state index contributed by atoms with van der Waals surface area (Å²) in [5.74, 6) is 0.402. The van der Waals surface area contributed by atoms with Crippen LogP contribution in [0.5, 0.6) is 0 Å². The molecule has 0 radical (unpaired) electrons. The van der Waals surface area contributed by atoms with Crippen LogP contribution in [0.15, 0.2) is 29.3 Å². The smallest absolute Gasteiger partial charge is 0.274 e. The first-order valence-corrected chi connectivity index (χ1v) is 6.81. The van der Waals surface area contributed by atoms with Crippen LogP contribution < -0.4 is 0 Å². The monoisotopic (exact) mass is 254 g/mol. The Morgan fingerprint density at radius 3 is 2.42 bits per heavy atom. The van der Waals surface area contributed by atoms with Crippen molar-refractivity contribution in [2.45, 2.75) is 37.6 Å². The van der Waals surface area contributed by atoms with E-state index in [1.54, 1.807) is 4.90 Å². The molecule has 0 aromatic heterocycles. The zero-order chi connectivity index (χ0) is 13.0. The van der Waals surface area contributed by atoms with Crippen molar-refractivity contribution in [2.75, 3.05) is 0 Å². The molecular weight excluding hydrogens is 240 g/mol. The summed E-state index contributed by atoms with van der Waals surface area (Å²) in [6, 6.07) is 7.43. The van der Waals surface area contributed by atoms with Gasteiger partial charge in [0.15, 0.2) is 0 Å². The van der Waals surface area contributed by atoms with Gasteiger partial charge in [-0.1, -0.05) is 37.5 Å². The van der Waals surface area contributed by atoms with Crippen LogP contribution in [-0.4, -0.2) is 28.1 Å². The van der Waals surface area contributed by atoms with E-state index in [2.05, 4.69) is 4.99 Å². The summed E-state index contributed by atoms with van der Waals surface area (Å²) in [7, 11) is 0. The van der Waals surface area contributed by atoms with Gasteiger partial charge < -0.3 is 0 Å². The Labute approximate surface area is 111 Å². The van der Waals surface area contributed by atoms with Crippen molar-refractivity contribution in [1.29, 1.82) is 0 Å². The van der Waals surface area contributed by atoms with E-state index in [1.807, 2.05) is 24.3 Å². The quantitative estimate of drug-likeness (QED) is 0.712. The van der Waals surface area contributed by atoms with Crippen molar-refractivity contribution >= 4 is 17.6 Å². The minimum atomic E-state index is -0.677. The molecule has 1 aliphatic carbocycles. The molecule has 0 bridgehead atoms. The third kappa shape index (κ3) is 1.21. The van der Waals surface area contributed by atoms with Crippen LogP contribution in [0.1, 0.15) is 48.0 Å². The standard InChI is InChI=1S/C15H14N2O2/c18-13-11-7-3-2-6-10(11)12-16-14(19)15(17(12)13)8-4-1-5-9-15/h2-3,6-7H,1,4-5,8-9H2. The average Bonchev–Trinajstić information content (AvgIpc) is 2.88. The maximum atomic E-state index is 12.6. The fourth-order valence-electron chi connectivity index (χ4n) is 3.58. The molecule has 96 valence electrons. The van der Waals surface area contributed by atoms with E-state index in [9.17, 15) is 9.59 Å². The highest BCUT2D eigenvalue weighted by atomic mass is 16.2. The van der Waals surface area contributed by atoms with Gasteiger partial charge in [-0.15, -0.1) is 0 Å². The summed E-state index contributed by atoms with van der Waals surface area (Å²) < 4.78 is 0. The topological polar surface area (TPSA) is 49.7 Å². The van der Waals surface area contributed by atoms with Gasteiger partial charge in [-0.25, -0.2) is 0 Å². The highest BCUT2D eigenvalue weighted by Gasteiger charge is 2.56. The molecule has 3 aliphatic rings. The Balaban J connectivity index is 1.89. The van der Waals surface area contributed by atoms with E-state index in [0.717, 1.165) is 37.7 Å². The molecule has 0 N–H and O–H groups in total. The normalized spacial score (nSPS) is 23.6. The molecule has 2 aliphatic heterocycles. The first-order valence-electron chi connectivity index (χ1n) is 6.81. The second-order valence-corrected chi connectivity index (χ2v) is 5.52.